The van der Waals surface area contributed by atoms with E-state index >= 15 is 0 Å². The van der Waals surface area contributed by atoms with E-state index in [-0.39, 0.29) is 12.5 Å². The summed E-state index contributed by atoms with van der Waals surface area (Å²) in [5, 5.41) is 10.4. The normalized spacial score (nSPS) is 10.5. The minimum absolute atomic E-state index is 0.147. The highest BCUT2D eigenvalue weighted by Crippen LogP contribution is 2.26. The lowest BCUT2D eigenvalue weighted by atomic mass is 10.1. The summed E-state index contributed by atoms with van der Waals surface area (Å²) in [6.45, 7) is 2.00. The summed E-state index contributed by atoms with van der Waals surface area (Å²) in [6, 6.07) is 25.6. The number of nitrogens with one attached hydrogen (secondary N) is 2. The fraction of sp³-hybridized carbons (Fsp3) is 0.179. The Morgan fingerprint density at radius 3 is 2.27 bits per heavy atom. The molecular weight excluding hydrogens is 470 g/mol. The molecule has 0 saturated carbocycles. The summed E-state index contributed by atoms with van der Waals surface area (Å²) < 4.78 is 12.2. The monoisotopic (exact) mass is 499 g/mol. The first kappa shape index (κ1) is 25.3. The number of anilines is 2. The molecule has 3 amide bonds. The second kappa shape index (κ2) is 11.8. The molecule has 2 N–H and O–H groups in total. The number of methoxy groups -OCH3 is 2. The average Bonchev–Trinajstić information content (AvgIpc) is 3.36. The van der Waals surface area contributed by atoms with Gasteiger partial charge in [-0.15, -0.1) is 0 Å². The molecule has 0 radical (unpaired) electrons. The number of amides is 3. The van der Waals surface area contributed by atoms with Crippen molar-refractivity contribution in [2.45, 2.75) is 6.92 Å². The maximum absolute atomic E-state index is 13.1. The molecule has 4 aromatic rings. The van der Waals surface area contributed by atoms with Crippen LogP contribution in [0.15, 0.2) is 84.9 Å². The van der Waals surface area contributed by atoms with Gasteiger partial charge < -0.3 is 25.0 Å². The molecule has 0 aliphatic rings. The SMILES string of the molecule is CCN(CC(=O)Nc1cc(-c2ccccc2)nn1-c1ccc(OC)cc1)C(=O)Nc1ccccc1OC. The largest absolute Gasteiger partial charge is 0.497 e. The van der Waals surface area contributed by atoms with Crippen LogP contribution in [0, 0.1) is 0 Å². The quantitative estimate of drug-likeness (QED) is 0.336. The van der Waals surface area contributed by atoms with Gasteiger partial charge in [-0.25, -0.2) is 9.48 Å². The van der Waals surface area contributed by atoms with E-state index in [1.165, 1.54) is 12.0 Å². The van der Waals surface area contributed by atoms with Gasteiger partial charge in [-0.2, -0.15) is 5.10 Å². The number of hydrogen-bond acceptors (Lipinski definition) is 5. The number of carbonyl (C=O) groups is 2. The Morgan fingerprint density at radius 2 is 1.59 bits per heavy atom. The second-order valence-electron chi connectivity index (χ2n) is 8.08. The van der Waals surface area contributed by atoms with Crippen molar-refractivity contribution in [2.75, 3.05) is 37.9 Å². The molecule has 1 heterocycles. The molecule has 0 atom stereocenters. The number of para-hydroxylation sites is 2. The van der Waals surface area contributed by atoms with Gasteiger partial charge in [-0.3, -0.25) is 4.79 Å². The molecule has 0 spiro atoms. The van der Waals surface area contributed by atoms with Crippen LogP contribution in [0.1, 0.15) is 6.92 Å². The number of likely N-dealkylation sites (N-methyl/N-ethyl adjacent to an activating group) is 1. The lowest BCUT2D eigenvalue weighted by molar-refractivity contribution is -0.116. The summed E-state index contributed by atoms with van der Waals surface area (Å²) in [6.07, 6.45) is 0. The van der Waals surface area contributed by atoms with Gasteiger partial charge in [0.1, 0.15) is 23.9 Å². The number of aromatic nitrogens is 2. The molecule has 0 fully saturated rings. The van der Waals surface area contributed by atoms with Gasteiger partial charge in [0, 0.05) is 18.2 Å². The molecule has 0 aliphatic heterocycles. The van der Waals surface area contributed by atoms with Crippen LogP contribution in [-0.4, -0.2) is 53.9 Å². The van der Waals surface area contributed by atoms with Gasteiger partial charge in [-0.05, 0) is 43.3 Å². The van der Waals surface area contributed by atoms with Crippen molar-refractivity contribution in [1.82, 2.24) is 14.7 Å². The van der Waals surface area contributed by atoms with Crippen LogP contribution in [0.2, 0.25) is 0 Å². The highest BCUT2D eigenvalue weighted by molar-refractivity contribution is 5.97. The predicted molar refractivity (Wildman–Crippen MR) is 143 cm³/mol. The molecule has 0 unspecified atom stereocenters. The van der Waals surface area contributed by atoms with Crippen molar-refractivity contribution >= 4 is 23.4 Å². The summed E-state index contributed by atoms with van der Waals surface area (Å²) in [5.74, 6) is 1.37. The van der Waals surface area contributed by atoms with Gasteiger partial charge in [-0.1, -0.05) is 42.5 Å². The van der Waals surface area contributed by atoms with Crippen LogP contribution in [0.4, 0.5) is 16.3 Å². The number of hydrogen-bond donors (Lipinski definition) is 2. The molecule has 0 aliphatic carbocycles. The van der Waals surface area contributed by atoms with E-state index in [0.29, 0.717) is 35.2 Å². The van der Waals surface area contributed by atoms with Gasteiger partial charge >= 0.3 is 6.03 Å². The maximum atomic E-state index is 13.1. The molecule has 4 rings (SSSR count). The van der Waals surface area contributed by atoms with Crippen LogP contribution in [0.3, 0.4) is 0 Å². The zero-order valence-electron chi connectivity index (χ0n) is 21.0. The highest BCUT2D eigenvalue weighted by atomic mass is 16.5. The van der Waals surface area contributed by atoms with Gasteiger partial charge in [0.05, 0.1) is 31.3 Å². The van der Waals surface area contributed by atoms with E-state index in [1.807, 2.05) is 73.7 Å². The Morgan fingerprint density at radius 1 is 0.892 bits per heavy atom. The Labute approximate surface area is 215 Å². The third-order valence-electron chi connectivity index (χ3n) is 5.72. The average molecular weight is 500 g/mol. The second-order valence-corrected chi connectivity index (χ2v) is 8.08. The Balaban J connectivity index is 1.54. The summed E-state index contributed by atoms with van der Waals surface area (Å²) in [7, 11) is 3.14. The molecule has 37 heavy (non-hydrogen) atoms. The van der Waals surface area contributed by atoms with Crippen molar-refractivity contribution in [1.29, 1.82) is 0 Å². The minimum Gasteiger partial charge on any atom is -0.497 e. The Kier molecular flexibility index (Phi) is 8.05. The molecule has 1 aromatic heterocycles. The molecule has 190 valence electrons. The fourth-order valence-corrected chi connectivity index (χ4v) is 3.77. The Hall–Kier alpha value is -4.79. The fourth-order valence-electron chi connectivity index (χ4n) is 3.77. The standard InChI is InChI=1S/C28H29N5O4/c1-4-32(28(35)29-23-12-8-9-13-25(23)37-3)19-27(34)30-26-18-24(20-10-6-5-7-11-20)31-33(26)21-14-16-22(36-2)17-15-21/h5-18H,4,19H2,1-3H3,(H,29,35)(H,30,34). The third-order valence-corrected chi connectivity index (χ3v) is 5.72. The van der Waals surface area contributed by atoms with E-state index in [9.17, 15) is 9.59 Å². The topological polar surface area (TPSA) is 97.7 Å². The van der Waals surface area contributed by atoms with Crippen LogP contribution in [-0.2, 0) is 4.79 Å². The molecule has 9 heteroatoms. The lowest BCUT2D eigenvalue weighted by Crippen LogP contribution is -2.40. The van der Waals surface area contributed by atoms with E-state index in [1.54, 1.807) is 30.0 Å². The van der Waals surface area contributed by atoms with Gasteiger partial charge in [0.2, 0.25) is 5.91 Å². The van der Waals surface area contributed by atoms with E-state index in [2.05, 4.69) is 10.6 Å². The molecule has 0 bridgehead atoms. The van der Waals surface area contributed by atoms with E-state index < -0.39 is 6.03 Å². The lowest BCUT2D eigenvalue weighted by Gasteiger charge is -2.21. The maximum Gasteiger partial charge on any atom is 0.322 e. The van der Waals surface area contributed by atoms with Crippen LogP contribution >= 0.6 is 0 Å². The van der Waals surface area contributed by atoms with Crippen molar-refractivity contribution < 1.29 is 19.1 Å². The van der Waals surface area contributed by atoms with Crippen LogP contribution in [0.5, 0.6) is 11.5 Å². The van der Waals surface area contributed by atoms with Crippen molar-refractivity contribution in [3.05, 3.63) is 84.9 Å². The van der Waals surface area contributed by atoms with E-state index in [0.717, 1.165) is 11.3 Å². The van der Waals surface area contributed by atoms with Crippen molar-refractivity contribution in [3.63, 3.8) is 0 Å². The number of ether oxygens (including phenoxy) is 2. The number of benzene rings is 3. The summed E-state index contributed by atoms with van der Waals surface area (Å²) >= 11 is 0. The summed E-state index contributed by atoms with van der Waals surface area (Å²) in [4.78, 5) is 27.4. The zero-order chi connectivity index (χ0) is 26.2. The van der Waals surface area contributed by atoms with Crippen LogP contribution < -0.4 is 20.1 Å². The highest BCUT2D eigenvalue weighted by Gasteiger charge is 2.19. The predicted octanol–water partition coefficient (Wildman–Crippen LogP) is 5.05. The number of nitrogens with zero attached hydrogens (tertiary/aromatic N) is 3. The number of urea groups is 1. The first-order chi connectivity index (χ1) is 18.0. The van der Waals surface area contributed by atoms with Crippen molar-refractivity contribution in [2.24, 2.45) is 0 Å². The third kappa shape index (κ3) is 6.07. The van der Waals surface area contributed by atoms with Gasteiger partial charge in [0.15, 0.2) is 0 Å². The number of carbonyl (C=O) groups excluding carboxylic acids is 2. The van der Waals surface area contributed by atoms with Gasteiger partial charge in [0.25, 0.3) is 0 Å². The first-order valence-corrected chi connectivity index (χ1v) is 11.8. The minimum atomic E-state index is -0.407. The molecule has 0 saturated heterocycles. The Bertz CT molecular complexity index is 1350. The smallest absolute Gasteiger partial charge is 0.322 e. The zero-order valence-corrected chi connectivity index (χ0v) is 21.0. The molecule has 3 aromatic carbocycles. The van der Waals surface area contributed by atoms with E-state index in [4.69, 9.17) is 14.6 Å². The van der Waals surface area contributed by atoms with Crippen molar-refractivity contribution in [3.8, 4) is 28.4 Å². The number of rotatable bonds is 9. The molecule has 9 nitrogen and oxygen atoms in total. The molecular formula is C28H29N5O4. The van der Waals surface area contributed by atoms with Crippen LogP contribution in [0.25, 0.3) is 16.9 Å². The summed E-state index contributed by atoms with van der Waals surface area (Å²) in [5.41, 5.74) is 2.89. The first-order valence-electron chi connectivity index (χ1n) is 11.8.